The van der Waals surface area contributed by atoms with Gasteiger partial charge in [0, 0.05) is 17.2 Å². The fourth-order valence-electron chi connectivity index (χ4n) is 2.80. The first-order valence-corrected chi connectivity index (χ1v) is 11.4. The van der Waals surface area contributed by atoms with Crippen LogP contribution in [0, 0.1) is 5.92 Å². The molecule has 1 atom stereocenters. The summed E-state index contributed by atoms with van der Waals surface area (Å²) in [7, 11) is -3.92. The van der Waals surface area contributed by atoms with Gasteiger partial charge in [-0.2, -0.15) is 4.72 Å². The average Bonchev–Trinajstić information content (AvgIpc) is 3.23. The summed E-state index contributed by atoms with van der Waals surface area (Å²) in [6.45, 7) is 2.87. The van der Waals surface area contributed by atoms with Crippen molar-refractivity contribution in [1.29, 1.82) is 0 Å². The van der Waals surface area contributed by atoms with Gasteiger partial charge in [0.1, 0.15) is 6.04 Å². The van der Waals surface area contributed by atoms with Crippen molar-refractivity contribution in [2.45, 2.75) is 19.9 Å². The van der Waals surface area contributed by atoms with Crippen molar-refractivity contribution in [3.63, 3.8) is 0 Å². The average molecular weight is 461 g/mol. The van der Waals surface area contributed by atoms with Crippen LogP contribution in [0.3, 0.4) is 0 Å². The maximum Gasteiger partial charge on any atom is 0.324 e. The van der Waals surface area contributed by atoms with E-state index in [1.54, 1.807) is 56.3 Å². The van der Waals surface area contributed by atoms with Crippen LogP contribution >= 0.6 is 0 Å². The van der Waals surface area contributed by atoms with E-state index in [1.807, 2.05) is 6.07 Å². The van der Waals surface area contributed by atoms with E-state index in [9.17, 15) is 18.0 Å². The standard InChI is InChI=1S/C22H24N2O7S/c1-15(2)21(24-32(27,28)11-10-16-6-4-3-5-7-16)22(26)29-13-20(25)23-17-8-9-18-19(12-17)31-14-30-18/h3-12,15,21,24H,13-14H2,1-2H3,(H,23,25)/b11-10+. The van der Waals surface area contributed by atoms with Gasteiger partial charge in [0.05, 0.1) is 0 Å². The Hall–Kier alpha value is -3.37. The Kier molecular flexibility index (Phi) is 7.49. The summed E-state index contributed by atoms with van der Waals surface area (Å²) >= 11 is 0. The number of nitrogens with one attached hydrogen (secondary N) is 2. The Morgan fingerprint density at radius 1 is 1.09 bits per heavy atom. The van der Waals surface area contributed by atoms with E-state index < -0.39 is 40.5 Å². The molecule has 0 aliphatic carbocycles. The summed E-state index contributed by atoms with van der Waals surface area (Å²) in [6, 6.07) is 12.6. The van der Waals surface area contributed by atoms with Crippen LogP contribution < -0.4 is 19.5 Å². The number of sulfonamides is 1. The number of anilines is 1. The third-order valence-electron chi connectivity index (χ3n) is 4.45. The SMILES string of the molecule is CC(C)C(NS(=O)(=O)/C=C/c1ccccc1)C(=O)OCC(=O)Nc1ccc2c(c1)OCO2. The number of carbonyl (C=O) groups is 2. The summed E-state index contributed by atoms with van der Waals surface area (Å²) < 4.78 is 42.6. The second kappa shape index (κ2) is 10.3. The molecule has 1 aliphatic heterocycles. The number of rotatable bonds is 9. The number of hydrogen-bond acceptors (Lipinski definition) is 7. The summed E-state index contributed by atoms with van der Waals surface area (Å²) in [6.07, 6.45) is 1.42. The minimum Gasteiger partial charge on any atom is -0.454 e. The zero-order valence-corrected chi connectivity index (χ0v) is 18.4. The molecule has 0 saturated carbocycles. The zero-order valence-electron chi connectivity index (χ0n) is 17.6. The van der Waals surface area contributed by atoms with Crippen molar-refractivity contribution in [2.24, 2.45) is 5.92 Å². The lowest BCUT2D eigenvalue weighted by Gasteiger charge is -2.19. The third kappa shape index (κ3) is 6.56. The number of benzene rings is 2. The largest absolute Gasteiger partial charge is 0.454 e. The second-order valence-electron chi connectivity index (χ2n) is 7.32. The minimum absolute atomic E-state index is 0.109. The summed E-state index contributed by atoms with van der Waals surface area (Å²) in [5.41, 5.74) is 1.14. The number of fused-ring (bicyclic) bond motifs is 1. The first-order chi connectivity index (χ1) is 15.2. The maximum absolute atomic E-state index is 12.5. The van der Waals surface area contributed by atoms with Crippen molar-refractivity contribution in [1.82, 2.24) is 4.72 Å². The first kappa shape index (κ1) is 23.3. The molecule has 1 aliphatic rings. The topological polar surface area (TPSA) is 120 Å². The molecule has 2 aromatic carbocycles. The number of carbonyl (C=O) groups excluding carboxylic acids is 2. The quantitative estimate of drug-likeness (QED) is 0.552. The Balaban J connectivity index is 1.55. The van der Waals surface area contributed by atoms with Crippen LogP contribution in [0.4, 0.5) is 5.69 Å². The predicted molar refractivity (Wildman–Crippen MR) is 118 cm³/mol. The van der Waals surface area contributed by atoms with Crippen molar-refractivity contribution < 1.29 is 32.2 Å². The van der Waals surface area contributed by atoms with Gasteiger partial charge < -0.3 is 19.5 Å². The monoisotopic (exact) mass is 460 g/mol. The molecule has 1 heterocycles. The number of esters is 1. The fourth-order valence-corrected chi connectivity index (χ4v) is 3.94. The number of ether oxygens (including phenoxy) is 3. The molecule has 0 aromatic heterocycles. The minimum atomic E-state index is -3.92. The highest BCUT2D eigenvalue weighted by Crippen LogP contribution is 2.34. The predicted octanol–water partition coefficient (Wildman–Crippen LogP) is 2.51. The van der Waals surface area contributed by atoms with Gasteiger partial charge in [0.15, 0.2) is 18.1 Å². The van der Waals surface area contributed by atoms with E-state index in [4.69, 9.17) is 14.2 Å². The van der Waals surface area contributed by atoms with Gasteiger partial charge in [0.2, 0.25) is 16.8 Å². The van der Waals surface area contributed by atoms with Crippen molar-refractivity contribution in [3.05, 3.63) is 59.5 Å². The molecular formula is C22H24N2O7S. The lowest BCUT2D eigenvalue weighted by atomic mass is 10.1. The van der Waals surface area contributed by atoms with E-state index in [1.165, 1.54) is 6.08 Å². The van der Waals surface area contributed by atoms with E-state index in [0.717, 1.165) is 5.41 Å². The highest BCUT2D eigenvalue weighted by molar-refractivity contribution is 7.92. The van der Waals surface area contributed by atoms with Gasteiger partial charge >= 0.3 is 5.97 Å². The molecule has 0 radical (unpaired) electrons. The molecule has 2 N–H and O–H groups in total. The van der Waals surface area contributed by atoms with E-state index >= 15 is 0 Å². The van der Waals surface area contributed by atoms with E-state index in [-0.39, 0.29) is 6.79 Å². The molecule has 170 valence electrons. The molecule has 10 heteroatoms. The lowest BCUT2D eigenvalue weighted by Crippen LogP contribution is -2.45. The molecule has 0 spiro atoms. The number of amides is 1. The normalized spacial score (nSPS) is 13.8. The molecule has 0 fully saturated rings. The van der Waals surface area contributed by atoms with Gasteiger partial charge in [-0.25, -0.2) is 8.42 Å². The highest BCUT2D eigenvalue weighted by atomic mass is 32.2. The molecule has 32 heavy (non-hydrogen) atoms. The molecule has 0 bridgehead atoms. The van der Waals surface area contributed by atoms with Crippen LogP contribution in [-0.4, -0.2) is 39.7 Å². The van der Waals surface area contributed by atoms with Gasteiger partial charge in [-0.15, -0.1) is 0 Å². The summed E-state index contributed by atoms with van der Waals surface area (Å²) in [5, 5.41) is 3.56. The van der Waals surface area contributed by atoms with Crippen molar-refractivity contribution in [3.8, 4) is 11.5 Å². The molecule has 0 saturated heterocycles. The zero-order chi connectivity index (χ0) is 23.1. The van der Waals surface area contributed by atoms with Gasteiger partial charge in [-0.05, 0) is 29.7 Å². The number of hydrogen-bond donors (Lipinski definition) is 2. The van der Waals surface area contributed by atoms with Crippen molar-refractivity contribution in [2.75, 3.05) is 18.7 Å². The van der Waals surface area contributed by atoms with Crippen LogP contribution in [0.5, 0.6) is 11.5 Å². The Bertz CT molecular complexity index is 1100. The van der Waals surface area contributed by atoms with Gasteiger partial charge in [-0.1, -0.05) is 44.2 Å². The van der Waals surface area contributed by atoms with Crippen LogP contribution in [0.1, 0.15) is 19.4 Å². The Morgan fingerprint density at radius 2 is 1.81 bits per heavy atom. The van der Waals surface area contributed by atoms with E-state index in [2.05, 4.69) is 10.0 Å². The van der Waals surface area contributed by atoms with Crippen LogP contribution in [0.25, 0.3) is 6.08 Å². The second-order valence-corrected chi connectivity index (χ2v) is 8.92. The van der Waals surface area contributed by atoms with Crippen LogP contribution in [-0.2, 0) is 24.3 Å². The lowest BCUT2D eigenvalue weighted by molar-refractivity contribution is -0.150. The maximum atomic E-state index is 12.5. The molecular weight excluding hydrogens is 436 g/mol. The fraction of sp³-hybridized carbons (Fsp3) is 0.273. The Labute approximate surface area is 186 Å². The first-order valence-electron chi connectivity index (χ1n) is 9.85. The smallest absolute Gasteiger partial charge is 0.324 e. The molecule has 9 nitrogen and oxygen atoms in total. The van der Waals surface area contributed by atoms with Crippen LogP contribution in [0.15, 0.2) is 53.9 Å². The molecule has 3 rings (SSSR count). The van der Waals surface area contributed by atoms with Crippen LogP contribution in [0.2, 0.25) is 0 Å². The summed E-state index contributed by atoms with van der Waals surface area (Å²) in [5.74, 6) is -0.760. The Morgan fingerprint density at radius 3 is 2.53 bits per heavy atom. The molecule has 1 amide bonds. The van der Waals surface area contributed by atoms with Crippen molar-refractivity contribution >= 4 is 33.7 Å². The molecule has 2 aromatic rings. The van der Waals surface area contributed by atoms with Gasteiger partial charge in [0.25, 0.3) is 5.91 Å². The third-order valence-corrected chi connectivity index (χ3v) is 5.53. The van der Waals surface area contributed by atoms with E-state index in [0.29, 0.717) is 22.7 Å². The summed E-state index contributed by atoms with van der Waals surface area (Å²) in [4.78, 5) is 24.6. The highest BCUT2D eigenvalue weighted by Gasteiger charge is 2.28. The van der Waals surface area contributed by atoms with Gasteiger partial charge in [-0.3, -0.25) is 9.59 Å². The molecule has 1 unspecified atom stereocenters.